The Labute approximate surface area is 355 Å². The molecule has 0 radical (unpaired) electrons. The van der Waals surface area contributed by atoms with Crippen LogP contribution < -0.4 is 10.2 Å². The first-order valence-corrected chi connectivity index (χ1v) is 21.9. The van der Waals surface area contributed by atoms with E-state index in [9.17, 15) is 0 Å². The molecule has 6 rings (SSSR count). The maximum atomic E-state index is 5.75. The average Bonchev–Trinajstić information content (AvgIpc) is 3.54. The number of anilines is 1. The first kappa shape index (κ1) is 44.1. The smallest absolute Gasteiger partial charge is 0.210 e. The molecule has 59 heavy (non-hydrogen) atoms. The Bertz CT molecular complexity index is 2200. The van der Waals surface area contributed by atoms with E-state index in [1.165, 1.54) is 55.5 Å². The number of fused-ring (bicyclic) bond motifs is 6. The predicted molar refractivity (Wildman–Crippen MR) is 251 cm³/mol. The molecule has 0 fully saturated rings. The summed E-state index contributed by atoms with van der Waals surface area (Å²) < 4.78 is 19.6. The Morgan fingerprint density at radius 1 is 0.712 bits per heavy atom. The highest BCUT2D eigenvalue weighted by Gasteiger charge is 2.45. The summed E-state index contributed by atoms with van der Waals surface area (Å²) in [4.78, 5) is 2.36. The monoisotopic (exact) mass is 797 g/mol. The Kier molecular flexibility index (Phi) is 14.7. The average molecular weight is 797 g/mol. The van der Waals surface area contributed by atoms with Crippen LogP contribution in [0.3, 0.4) is 0 Å². The van der Waals surface area contributed by atoms with Crippen molar-refractivity contribution in [2.24, 2.45) is 5.41 Å². The second-order valence-corrected chi connectivity index (χ2v) is 18.5. The fourth-order valence-electron chi connectivity index (χ4n) is 8.92. The largest absolute Gasteiger partial charge is 0.387 e. The predicted octanol–water partition coefficient (Wildman–Crippen LogP) is 11.9. The lowest BCUT2D eigenvalue weighted by molar-refractivity contribution is -0.438. The van der Waals surface area contributed by atoms with Crippen molar-refractivity contribution in [2.75, 3.05) is 64.7 Å². The molecule has 0 atom stereocenters. The zero-order valence-corrected chi connectivity index (χ0v) is 37.3. The van der Waals surface area contributed by atoms with E-state index < -0.39 is 0 Å². The number of allylic oxidation sites excluding steroid dienone is 7. The van der Waals surface area contributed by atoms with E-state index in [1.807, 2.05) is 0 Å². The van der Waals surface area contributed by atoms with Crippen molar-refractivity contribution in [3.8, 4) is 0 Å². The van der Waals surface area contributed by atoms with Gasteiger partial charge in [-0.1, -0.05) is 114 Å². The third kappa shape index (κ3) is 10.6. The Morgan fingerprint density at radius 3 is 2.03 bits per heavy atom. The maximum Gasteiger partial charge on any atom is 0.210 e. The van der Waals surface area contributed by atoms with Gasteiger partial charge in [-0.3, -0.25) is 0 Å². The van der Waals surface area contributed by atoms with E-state index in [4.69, 9.17) is 14.2 Å². The van der Waals surface area contributed by atoms with Gasteiger partial charge >= 0.3 is 0 Å². The molecular weight excluding hydrogens is 727 g/mol. The highest BCUT2D eigenvalue weighted by atomic mass is 16.5. The zero-order valence-electron chi connectivity index (χ0n) is 37.3. The fourth-order valence-corrected chi connectivity index (χ4v) is 8.92. The minimum absolute atomic E-state index is 0.102. The van der Waals surface area contributed by atoms with Gasteiger partial charge in [0, 0.05) is 66.8 Å². The topological polar surface area (TPSA) is 46.0 Å². The standard InChI is InChI=1S/C53H70N3O3/c1-40(54-32-35-58-37-39-59-38-36-57-34-31-51(2,3)4)20-12-11-19-33-56-46-30-28-42-22-16-18-24-44(42)50(46)53(7,8)48(56)26-14-10-13-25-47-52(5,6)49-43-23-17-15-21-41(43)27-29-45(49)55(47)9/h10,13-18,21-30,54H,1,11-12,19-20,31-39H2,2-9H3/q+1. The van der Waals surface area contributed by atoms with E-state index in [0.717, 1.165) is 57.5 Å². The lowest BCUT2D eigenvalue weighted by atomic mass is 9.79. The molecular formula is C53H70N3O3+. The van der Waals surface area contributed by atoms with Gasteiger partial charge in [-0.25, -0.2) is 0 Å². The number of unbranched alkanes of at least 4 members (excludes halogenated alkanes) is 2. The van der Waals surface area contributed by atoms with Crippen LogP contribution in [0.2, 0.25) is 0 Å². The molecule has 0 bridgehead atoms. The molecule has 6 nitrogen and oxygen atoms in total. The fraction of sp³-hybridized carbons (Fsp3) is 0.453. The second kappa shape index (κ2) is 19.7. The van der Waals surface area contributed by atoms with Crippen LogP contribution in [0.25, 0.3) is 21.5 Å². The minimum Gasteiger partial charge on any atom is -0.387 e. The first-order chi connectivity index (χ1) is 28.3. The van der Waals surface area contributed by atoms with Gasteiger partial charge in [0.1, 0.15) is 6.54 Å². The summed E-state index contributed by atoms with van der Waals surface area (Å²) in [6.07, 6.45) is 16.7. The lowest BCUT2D eigenvalue weighted by Gasteiger charge is -2.24. The van der Waals surface area contributed by atoms with Crippen LogP contribution in [-0.2, 0) is 25.0 Å². The van der Waals surface area contributed by atoms with Gasteiger partial charge in [-0.05, 0) is 90.3 Å². The molecule has 0 amide bonds. The molecule has 0 saturated heterocycles. The molecule has 2 aliphatic rings. The highest BCUT2D eigenvalue weighted by molar-refractivity contribution is 6.07. The van der Waals surface area contributed by atoms with Crippen LogP contribution in [-0.4, -0.2) is 70.1 Å². The number of nitrogens with zero attached hydrogens (tertiary/aromatic N) is 2. The van der Waals surface area contributed by atoms with Crippen molar-refractivity contribution in [2.45, 2.75) is 91.4 Å². The number of hydrogen-bond donors (Lipinski definition) is 1. The van der Waals surface area contributed by atoms with Gasteiger partial charge < -0.3 is 24.4 Å². The number of rotatable bonds is 21. The summed E-state index contributed by atoms with van der Waals surface area (Å²) in [6, 6.07) is 26.7. The van der Waals surface area contributed by atoms with Gasteiger partial charge in [-0.2, -0.15) is 4.58 Å². The van der Waals surface area contributed by atoms with E-state index in [0.29, 0.717) is 38.4 Å². The van der Waals surface area contributed by atoms with E-state index in [1.54, 1.807) is 0 Å². The van der Waals surface area contributed by atoms with Gasteiger partial charge in [0.15, 0.2) is 5.71 Å². The van der Waals surface area contributed by atoms with Crippen LogP contribution in [0.5, 0.6) is 0 Å². The summed E-state index contributed by atoms with van der Waals surface area (Å²) >= 11 is 0. The summed E-state index contributed by atoms with van der Waals surface area (Å²) in [5.74, 6) is 0. The number of hydrogen-bond acceptors (Lipinski definition) is 5. The molecule has 314 valence electrons. The second-order valence-electron chi connectivity index (χ2n) is 18.5. The van der Waals surface area contributed by atoms with Crippen molar-refractivity contribution in [1.29, 1.82) is 0 Å². The third-order valence-corrected chi connectivity index (χ3v) is 12.1. The van der Waals surface area contributed by atoms with Crippen molar-refractivity contribution < 1.29 is 18.8 Å². The number of benzene rings is 4. The van der Waals surface area contributed by atoms with Crippen LogP contribution in [0.15, 0.2) is 121 Å². The number of likely N-dealkylation sites (N-methyl/N-ethyl adjacent to an activating group) is 1. The summed E-state index contributed by atoms with van der Waals surface area (Å²) in [5.41, 5.74) is 9.25. The molecule has 0 aliphatic carbocycles. The van der Waals surface area contributed by atoms with Gasteiger partial charge in [0.05, 0.1) is 38.4 Å². The highest BCUT2D eigenvalue weighted by Crippen LogP contribution is 2.50. The van der Waals surface area contributed by atoms with E-state index in [-0.39, 0.29) is 10.8 Å². The number of ether oxygens (including phenoxy) is 3. The Balaban J connectivity index is 1.01. The quantitative estimate of drug-likeness (QED) is 0.0517. The molecule has 4 aromatic carbocycles. The van der Waals surface area contributed by atoms with E-state index in [2.05, 4.69) is 180 Å². The van der Waals surface area contributed by atoms with E-state index >= 15 is 0 Å². The normalized spacial score (nSPS) is 16.7. The minimum atomic E-state index is -0.137. The van der Waals surface area contributed by atoms with Crippen LogP contribution in [0, 0.1) is 5.41 Å². The number of nitrogens with one attached hydrogen (secondary N) is 1. The maximum absolute atomic E-state index is 5.75. The summed E-state index contributed by atoms with van der Waals surface area (Å²) in [6.45, 7) is 26.0. The molecule has 0 unspecified atom stereocenters. The van der Waals surface area contributed by atoms with Crippen molar-refractivity contribution in [3.05, 3.63) is 132 Å². The SMILES string of the molecule is C=C(CCCCC[N+]1=C(/C=C/C=C/C=C2/N(C)c3ccc4ccccc4c3C2(C)C)C(C)(C)c2c1ccc1ccccc21)NCCOCCOCCOCCC(C)(C)C. The van der Waals surface area contributed by atoms with Crippen molar-refractivity contribution >= 4 is 38.6 Å². The molecule has 2 heterocycles. The van der Waals surface area contributed by atoms with Crippen molar-refractivity contribution in [3.63, 3.8) is 0 Å². The van der Waals surface area contributed by atoms with Crippen molar-refractivity contribution in [1.82, 2.24) is 5.32 Å². The van der Waals surface area contributed by atoms with Gasteiger partial charge in [0.2, 0.25) is 5.69 Å². The Hall–Kier alpha value is -4.49. The summed E-state index contributed by atoms with van der Waals surface area (Å²) in [7, 11) is 2.20. The van der Waals surface area contributed by atoms with Crippen LogP contribution in [0.4, 0.5) is 11.4 Å². The molecule has 0 saturated carbocycles. The molecule has 4 aromatic rings. The molecule has 0 spiro atoms. The van der Waals surface area contributed by atoms with Crippen LogP contribution >= 0.6 is 0 Å². The first-order valence-electron chi connectivity index (χ1n) is 21.9. The van der Waals surface area contributed by atoms with Crippen LogP contribution in [0.1, 0.15) is 91.7 Å². The zero-order chi connectivity index (χ0) is 42.0. The molecule has 2 aliphatic heterocycles. The van der Waals surface area contributed by atoms with Gasteiger partial charge in [0.25, 0.3) is 0 Å². The molecule has 6 heteroatoms. The summed E-state index contributed by atoms with van der Waals surface area (Å²) in [5, 5.41) is 8.73. The third-order valence-electron chi connectivity index (χ3n) is 12.1. The Morgan fingerprint density at radius 2 is 1.34 bits per heavy atom. The molecule has 0 aromatic heterocycles. The molecule has 1 N–H and O–H groups in total. The lowest BCUT2D eigenvalue weighted by Crippen LogP contribution is -2.28. The van der Waals surface area contributed by atoms with Gasteiger partial charge in [-0.15, -0.1) is 0 Å².